The number of nitrogens with zero attached hydrogens (tertiary/aromatic N) is 1. The Labute approximate surface area is 95.1 Å². The van der Waals surface area contributed by atoms with Crippen LogP contribution >= 0.6 is 11.8 Å². The van der Waals surface area contributed by atoms with E-state index in [-0.39, 0.29) is 12.3 Å². The van der Waals surface area contributed by atoms with E-state index >= 15 is 0 Å². The summed E-state index contributed by atoms with van der Waals surface area (Å²) in [4.78, 5) is 11.4. The van der Waals surface area contributed by atoms with Gasteiger partial charge in [0.05, 0.1) is 0 Å². The summed E-state index contributed by atoms with van der Waals surface area (Å²) in [6.07, 6.45) is -4.19. The first-order valence-corrected chi connectivity index (χ1v) is 7.39. The van der Waals surface area contributed by atoms with Crippen LogP contribution in [0.15, 0.2) is 0 Å². The molecule has 1 unspecified atom stereocenters. The molecule has 1 rings (SSSR count). The number of carbonyl (C=O) groups is 1. The van der Waals surface area contributed by atoms with E-state index in [2.05, 4.69) is 0 Å². The first-order valence-electron chi connectivity index (χ1n) is 4.28. The first kappa shape index (κ1) is 13.6. The van der Waals surface area contributed by atoms with Gasteiger partial charge in [-0.05, 0) is 0 Å². The number of sulfone groups is 1. The predicted molar refractivity (Wildman–Crippen MR) is 53.7 cm³/mol. The van der Waals surface area contributed by atoms with Crippen LogP contribution < -0.4 is 0 Å². The van der Waals surface area contributed by atoms with Gasteiger partial charge in [0.1, 0.15) is 5.37 Å². The number of halogens is 3. The molecule has 0 N–H and O–H groups in total. The summed E-state index contributed by atoms with van der Waals surface area (Å²) >= 11 is 1.22. The molecular formula is C7H10F3NO3S2. The van der Waals surface area contributed by atoms with Gasteiger partial charge in [-0.25, -0.2) is 8.42 Å². The van der Waals surface area contributed by atoms with Crippen molar-refractivity contribution >= 4 is 27.5 Å². The quantitative estimate of drug-likeness (QED) is 0.700. The molecule has 0 aromatic heterocycles. The monoisotopic (exact) mass is 277 g/mol. The molecule has 0 aromatic rings. The summed E-state index contributed by atoms with van der Waals surface area (Å²) in [6.45, 7) is -0.194. The van der Waals surface area contributed by atoms with Gasteiger partial charge < -0.3 is 4.90 Å². The third-order valence-electron chi connectivity index (χ3n) is 2.08. The largest absolute Gasteiger partial charge is 0.471 e. The Hall–Kier alpha value is -0.440. The van der Waals surface area contributed by atoms with E-state index in [1.807, 2.05) is 0 Å². The lowest BCUT2D eigenvalue weighted by molar-refractivity contribution is -0.185. The van der Waals surface area contributed by atoms with Crippen molar-refractivity contribution in [2.75, 3.05) is 24.3 Å². The number of amides is 1. The fourth-order valence-corrected chi connectivity index (χ4v) is 4.15. The lowest BCUT2D eigenvalue weighted by atomic mass is 10.4. The molecule has 1 aliphatic heterocycles. The predicted octanol–water partition coefficient (Wildman–Crippen LogP) is 0.495. The molecular weight excluding hydrogens is 267 g/mol. The molecule has 0 aliphatic carbocycles. The van der Waals surface area contributed by atoms with Gasteiger partial charge in [0.15, 0.2) is 9.84 Å². The molecule has 0 aromatic carbocycles. The van der Waals surface area contributed by atoms with Crippen molar-refractivity contribution in [3.63, 3.8) is 0 Å². The highest BCUT2D eigenvalue weighted by atomic mass is 32.2. The van der Waals surface area contributed by atoms with Crippen molar-refractivity contribution in [2.24, 2.45) is 0 Å². The Morgan fingerprint density at radius 3 is 2.44 bits per heavy atom. The SMILES string of the molecule is CS(=O)(=O)C1CSCCN1C(=O)C(F)(F)F. The van der Waals surface area contributed by atoms with Gasteiger partial charge in [0.2, 0.25) is 0 Å². The lowest BCUT2D eigenvalue weighted by Gasteiger charge is -2.34. The third kappa shape index (κ3) is 3.03. The smallest absolute Gasteiger partial charge is 0.316 e. The summed E-state index contributed by atoms with van der Waals surface area (Å²) in [5.41, 5.74) is 0. The van der Waals surface area contributed by atoms with E-state index in [1.54, 1.807) is 0 Å². The Balaban J connectivity index is 2.96. The maximum absolute atomic E-state index is 12.2. The Kier molecular flexibility index (Phi) is 3.78. The van der Waals surface area contributed by atoms with Crippen molar-refractivity contribution < 1.29 is 26.4 Å². The molecule has 9 heteroatoms. The van der Waals surface area contributed by atoms with Crippen molar-refractivity contribution in [2.45, 2.75) is 11.6 Å². The highest BCUT2D eigenvalue weighted by Crippen LogP contribution is 2.26. The maximum atomic E-state index is 12.2. The Morgan fingerprint density at radius 1 is 1.44 bits per heavy atom. The minimum atomic E-state index is -5.02. The van der Waals surface area contributed by atoms with Crippen LogP contribution in [0.1, 0.15) is 0 Å². The van der Waals surface area contributed by atoms with Gasteiger partial charge in [-0.2, -0.15) is 24.9 Å². The molecule has 0 radical (unpaired) electrons. The second-order valence-corrected chi connectivity index (χ2v) is 6.71. The minimum absolute atomic E-state index is 0.0132. The molecule has 1 aliphatic rings. The third-order valence-corrected chi connectivity index (χ3v) is 4.73. The molecule has 1 amide bonds. The van der Waals surface area contributed by atoms with Crippen LogP contribution in [0.5, 0.6) is 0 Å². The topological polar surface area (TPSA) is 54.5 Å². The van der Waals surface area contributed by atoms with Crippen LogP contribution in [0.25, 0.3) is 0 Å². The van der Waals surface area contributed by atoms with E-state index in [9.17, 15) is 26.4 Å². The average Bonchev–Trinajstić information content (AvgIpc) is 2.14. The van der Waals surface area contributed by atoms with Crippen LogP contribution in [-0.2, 0) is 14.6 Å². The van der Waals surface area contributed by atoms with Gasteiger partial charge >= 0.3 is 12.1 Å². The number of alkyl halides is 3. The van der Waals surface area contributed by atoms with Gasteiger partial charge in [0, 0.05) is 24.3 Å². The second kappa shape index (κ2) is 4.44. The highest BCUT2D eigenvalue weighted by Gasteiger charge is 2.47. The number of hydrogen-bond acceptors (Lipinski definition) is 4. The molecule has 1 atom stereocenters. The molecule has 94 valence electrons. The fourth-order valence-electron chi connectivity index (χ4n) is 1.33. The summed E-state index contributed by atoms with van der Waals surface area (Å²) in [5, 5.41) is -1.37. The summed E-state index contributed by atoms with van der Waals surface area (Å²) in [7, 11) is -3.70. The van der Waals surface area contributed by atoms with Gasteiger partial charge in [-0.1, -0.05) is 0 Å². The fraction of sp³-hybridized carbons (Fsp3) is 0.857. The summed E-state index contributed by atoms with van der Waals surface area (Å²) in [5.74, 6) is -1.78. The molecule has 0 spiro atoms. The molecule has 0 saturated carbocycles. The van der Waals surface area contributed by atoms with E-state index in [4.69, 9.17) is 0 Å². The highest BCUT2D eigenvalue weighted by molar-refractivity contribution is 8.00. The first-order chi connectivity index (χ1) is 7.14. The Bertz CT molecular complexity index is 379. The molecule has 1 saturated heterocycles. The van der Waals surface area contributed by atoms with Crippen LogP contribution in [0.2, 0.25) is 0 Å². The number of rotatable bonds is 1. The molecule has 16 heavy (non-hydrogen) atoms. The van der Waals surface area contributed by atoms with Crippen LogP contribution in [0.4, 0.5) is 13.2 Å². The second-order valence-electron chi connectivity index (χ2n) is 3.36. The zero-order chi connectivity index (χ0) is 12.6. The van der Waals surface area contributed by atoms with Crippen molar-refractivity contribution in [3.8, 4) is 0 Å². The van der Waals surface area contributed by atoms with E-state index in [0.717, 1.165) is 6.26 Å². The molecule has 0 bridgehead atoms. The number of hydrogen-bond donors (Lipinski definition) is 0. The van der Waals surface area contributed by atoms with Crippen LogP contribution in [-0.4, -0.2) is 55.1 Å². The van der Waals surface area contributed by atoms with Gasteiger partial charge in [-0.3, -0.25) is 4.79 Å². The van der Waals surface area contributed by atoms with Crippen LogP contribution in [0, 0.1) is 0 Å². The van der Waals surface area contributed by atoms with Gasteiger partial charge in [0.25, 0.3) is 0 Å². The minimum Gasteiger partial charge on any atom is -0.316 e. The number of carbonyl (C=O) groups excluding carboxylic acids is 1. The molecule has 1 heterocycles. The van der Waals surface area contributed by atoms with Crippen molar-refractivity contribution in [1.82, 2.24) is 4.90 Å². The molecule has 1 fully saturated rings. The van der Waals surface area contributed by atoms with E-state index in [1.165, 1.54) is 11.8 Å². The van der Waals surface area contributed by atoms with Crippen LogP contribution in [0.3, 0.4) is 0 Å². The summed E-state index contributed by atoms with van der Waals surface area (Å²) < 4.78 is 59.1. The summed E-state index contributed by atoms with van der Waals surface area (Å²) in [6, 6.07) is 0. The average molecular weight is 277 g/mol. The molecule has 4 nitrogen and oxygen atoms in total. The van der Waals surface area contributed by atoms with Crippen molar-refractivity contribution in [3.05, 3.63) is 0 Å². The zero-order valence-corrected chi connectivity index (χ0v) is 9.95. The van der Waals surface area contributed by atoms with Gasteiger partial charge in [-0.15, -0.1) is 0 Å². The zero-order valence-electron chi connectivity index (χ0n) is 8.32. The van der Waals surface area contributed by atoms with Crippen molar-refractivity contribution in [1.29, 1.82) is 0 Å². The Morgan fingerprint density at radius 2 is 2.00 bits per heavy atom. The maximum Gasteiger partial charge on any atom is 0.471 e. The standard InChI is InChI=1S/C7H10F3NO3S2/c1-16(13,14)5-4-15-3-2-11(5)6(12)7(8,9)10/h5H,2-4H2,1H3. The normalized spacial score (nSPS) is 23.2. The lowest BCUT2D eigenvalue weighted by Crippen LogP contribution is -2.54. The number of thioether (sulfide) groups is 1. The van der Waals surface area contributed by atoms with E-state index < -0.39 is 27.3 Å². The van der Waals surface area contributed by atoms with E-state index in [0.29, 0.717) is 10.7 Å².